The molecule has 0 N–H and O–H groups in total. The van der Waals surface area contributed by atoms with Crippen molar-refractivity contribution >= 4 is 29.1 Å². The molecule has 1 saturated carbocycles. The van der Waals surface area contributed by atoms with Crippen LogP contribution in [0, 0.1) is 12.8 Å². The van der Waals surface area contributed by atoms with E-state index >= 15 is 0 Å². The summed E-state index contributed by atoms with van der Waals surface area (Å²) in [5.74, 6) is -0.0599. The van der Waals surface area contributed by atoms with Gasteiger partial charge in [-0.1, -0.05) is 59.6 Å². The molecule has 1 heterocycles. The van der Waals surface area contributed by atoms with Gasteiger partial charge in [0, 0.05) is 30.0 Å². The van der Waals surface area contributed by atoms with Crippen LogP contribution in [0.15, 0.2) is 53.6 Å². The van der Waals surface area contributed by atoms with Crippen molar-refractivity contribution in [2.24, 2.45) is 11.0 Å². The third-order valence-corrected chi connectivity index (χ3v) is 5.82. The van der Waals surface area contributed by atoms with Crippen molar-refractivity contribution in [1.29, 1.82) is 0 Å². The van der Waals surface area contributed by atoms with Gasteiger partial charge in [-0.15, -0.1) is 0 Å². The normalized spacial score (nSPS) is 18.5. The quantitative estimate of drug-likeness (QED) is 0.743. The van der Waals surface area contributed by atoms with E-state index in [1.165, 1.54) is 9.91 Å². The Morgan fingerprint density at radius 3 is 2.48 bits per heavy atom. The van der Waals surface area contributed by atoms with Crippen molar-refractivity contribution in [3.8, 4) is 0 Å². The summed E-state index contributed by atoms with van der Waals surface area (Å²) < 4.78 is 0. The minimum Gasteiger partial charge on any atom is -0.336 e. The molecule has 6 heteroatoms. The van der Waals surface area contributed by atoms with E-state index in [9.17, 15) is 9.59 Å². The van der Waals surface area contributed by atoms with Gasteiger partial charge < -0.3 is 4.90 Å². The highest BCUT2D eigenvalue weighted by atomic mass is 35.5. The molecule has 1 atom stereocenters. The number of aryl methyl sites for hydroxylation is 1. The average Bonchev–Trinajstić information content (AvgIpc) is 3.47. The molecule has 4 rings (SSSR count). The topological polar surface area (TPSA) is 53.0 Å². The molecule has 0 aromatic heterocycles. The number of likely N-dealkylation sites (N-methyl/N-ethyl adjacent to an activating group) is 1. The molecule has 5 nitrogen and oxygen atoms in total. The molecule has 2 aromatic carbocycles. The molecule has 0 bridgehead atoms. The minimum atomic E-state index is -0.209. The van der Waals surface area contributed by atoms with E-state index in [0.717, 1.165) is 35.2 Å². The van der Waals surface area contributed by atoms with E-state index in [-0.39, 0.29) is 30.3 Å². The van der Waals surface area contributed by atoms with Crippen LogP contribution in [0.3, 0.4) is 0 Å². The molecule has 1 aliphatic carbocycles. The first kappa shape index (κ1) is 19.6. The number of carbonyl (C=O) groups is 2. The van der Waals surface area contributed by atoms with Crippen molar-refractivity contribution in [2.45, 2.75) is 32.2 Å². The van der Waals surface area contributed by atoms with Crippen molar-refractivity contribution in [3.63, 3.8) is 0 Å². The second kappa shape index (κ2) is 7.99. The minimum absolute atomic E-state index is 0.0248. The van der Waals surface area contributed by atoms with Crippen molar-refractivity contribution in [1.82, 2.24) is 9.91 Å². The predicted molar refractivity (Wildman–Crippen MR) is 114 cm³/mol. The van der Waals surface area contributed by atoms with E-state index in [1.54, 1.807) is 7.05 Å². The lowest BCUT2D eigenvalue weighted by molar-refractivity contribution is -0.141. The van der Waals surface area contributed by atoms with Gasteiger partial charge in [0.15, 0.2) is 0 Å². The lowest BCUT2D eigenvalue weighted by Gasteiger charge is -2.25. The number of hydrogen-bond donors (Lipinski definition) is 0. The van der Waals surface area contributed by atoms with Crippen LogP contribution < -0.4 is 0 Å². The number of nitrogens with zero attached hydrogens (tertiary/aromatic N) is 3. The monoisotopic (exact) mass is 409 g/mol. The highest BCUT2D eigenvalue weighted by molar-refractivity contribution is 6.34. The predicted octanol–water partition coefficient (Wildman–Crippen LogP) is 4.19. The maximum Gasteiger partial charge on any atom is 0.262 e. The van der Waals surface area contributed by atoms with Gasteiger partial charge in [0.2, 0.25) is 5.91 Å². The molecular formula is C23H24ClN3O2. The summed E-state index contributed by atoms with van der Waals surface area (Å²) in [6, 6.07) is 15.5. The maximum atomic E-state index is 13.1. The van der Waals surface area contributed by atoms with Crippen LogP contribution in [0.4, 0.5) is 0 Å². The molecule has 1 fully saturated rings. The van der Waals surface area contributed by atoms with E-state index in [2.05, 4.69) is 5.10 Å². The summed E-state index contributed by atoms with van der Waals surface area (Å²) >= 11 is 6.38. The van der Waals surface area contributed by atoms with Gasteiger partial charge in [-0.05, 0) is 31.4 Å². The molecule has 2 amide bonds. The van der Waals surface area contributed by atoms with Crippen LogP contribution in [0.5, 0.6) is 0 Å². The maximum absolute atomic E-state index is 13.1. The number of amides is 2. The third kappa shape index (κ3) is 4.20. The lowest BCUT2D eigenvalue weighted by atomic mass is 9.97. The number of benzene rings is 2. The van der Waals surface area contributed by atoms with Gasteiger partial charge in [-0.2, -0.15) is 5.10 Å². The second-order valence-electron chi connectivity index (χ2n) is 7.86. The Kier molecular flexibility index (Phi) is 5.41. The highest BCUT2D eigenvalue weighted by Gasteiger charge is 2.36. The Bertz CT molecular complexity index is 966. The molecule has 0 radical (unpaired) electrons. The van der Waals surface area contributed by atoms with Gasteiger partial charge in [0.05, 0.1) is 11.8 Å². The number of rotatable bonds is 5. The van der Waals surface area contributed by atoms with Crippen LogP contribution in [-0.4, -0.2) is 41.0 Å². The zero-order valence-corrected chi connectivity index (χ0v) is 17.4. The zero-order valence-electron chi connectivity index (χ0n) is 16.6. The Balaban J connectivity index is 1.61. The Labute approximate surface area is 176 Å². The van der Waals surface area contributed by atoms with Gasteiger partial charge in [0.1, 0.15) is 6.54 Å². The van der Waals surface area contributed by atoms with Crippen LogP contribution >= 0.6 is 11.6 Å². The SMILES string of the molecule is Cc1ccc([C@@H]2CC(c3ccccc3Cl)=NN2C(=O)CN(C)C(=O)C2CC2)cc1. The first-order valence-corrected chi connectivity index (χ1v) is 10.3. The van der Waals surface area contributed by atoms with E-state index in [4.69, 9.17) is 11.6 Å². The van der Waals surface area contributed by atoms with Crippen LogP contribution in [-0.2, 0) is 9.59 Å². The van der Waals surface area contributed by atoms with Gasteiger partial charge in [0.25, 0.3) is 5.91 Å². The largest absolute Gasteiger partial charge is 0.336 e. The third-order valence-electron chi connectivity index (χ3n) is 5.49. The number of carbonyl (C=O) groups excluding carboxylic acids is 2. The molecule has 150 valence electrons. The summed E-state index contributed by atoms with van der Waals surface area (Å²) in [6.07, 6.45) is 2.42. The van der Waals surface area contributed by atoms with Crippen molar-refractivity contribution in [2.75, 3.05) is 13.6 Å². The zero-order chi connectivity index (χ0) is 20.5. The van der Waals surface area contributed by atoms with Gasteiger partial charge in [-0.3, -0.25) is 9.59 Å². The first-order valence-electron chi connectivity index (χ1n) is 9.90. The smallest absolute Gasteiger partial charge is 0.262 e. The fourth-order valence-electron chi connectivity index (χ4n) is 3.64. The number of hydrazone groups is 1. The summed E-state index contributed by atoms with van der Waals surface area (Å²) in [6.45, 7) is 2.06. The highest BCUT2D eigenvalue weighted by Crippen LogP contribution is 2.35. The van der Waals surface area contributed by atoms with Crippen LogP contribution in [0.1, 0.15) is 42.0 Å². The molecule has 0 saturated heterocycles. The Morgan fingerprint density at radius 1 is 1.14 bits per heavy atom. The number of halogens is 1. The molecule has 1 aliphatic heterocycles. The Hall–Kier alpha value is -2.66. The van der Waals surface area contributed by atoms with Gasteiger partial charge >= 0.3 is 0 Å². The van der Waals surface area contributed by atoms with Crippen LogP contribution in [0.2, 0.25) is 5.02 Å². The lowest BCUT2D eigenvalue weighted by Crippen LogP contribution is -2.39. The van der Waals surface area contributed by atoms with Crippen molar-refractivity contribution < 1.29 is 9.59 Å². The summed E-state index contributed by atoms with van der Waals surface area (Å²) in [5, 5.41) is 6.79. The van der Waals surface area contributed by atoms with E-state index in [1.807, 2.05) is 55.5 Å². The standard InChI is InChI=1S/C23H24ClN3O2/c1-15-7-9-16(10-8-15)21-13-20(18-5-3-4-6-19(18)24)25-27(21)22(28)14-26(2)23(29)17-11-12-17/h3-10,17,21H,11-14H2,1-2H3/t21-/m0/s1. The molecular weight excluding hydrogens is 386 g/mol. The molecule has 0 unspecified atom stereocenters. The summed E-state index contributed by atoms with van der Waals surface area (Å²) in [4.78, 5) is 26.9. The molecule has 0 spiro atoms. The Morgan fingerprint density at radius 2 is 1.83 bits per heavy atom. The molecule has 2 aromatic rings. The fraction of sp³-hybridized carbons (Fsp3) is 0.348. The summed E-state index contributed by atoms with van der Waals surface area (Å²) in [7, 11) is 1.69. The van der Waals surface area contributed by atoms with E-state index < -0.39 is 0 Å². The second-order valence-corrected chi connectivity index (χ2v) is 8.27. The van der Waals surface area contributed by atoms with E-state index in [0.29, 0.717) is 11.4 Å². The van der Waals surface area contributed by atoms with Crippen LogP contribution in [0.25, 0.3) is 0 Å². The molecule has 2 aliphatic rings. The molecule has 29 heavy (non-hydrogen) atoms. The van der Waals surface area contributed by atoms with Crippen molar-refractivity contribution in [3.05, 3.63) is 70.2 Å². The summed E-state index contributed by atoms with van der Waals surface area (Å²) in [5.41, 5.74) is 3.80. The first-order chi connectivity index (χ1) is 13.9. The fourth-order valence-corrected chi connectivity index (χ4v) is 3.89. The number of hydrogen-bond acceptors (Lipinski definition) is 3. The van der Waals surface area contributed by atoms with Gasteiger partial charge in [-0.25, -0.2) is 5.01 Å². The average molecular weight is 410 g/mol.